The summed E-state index contributed by atoms with van der Waals surface area (Å²) >= 11 is 0. The third kappa shape index (κ3) is 2.15. The Hall–Kier alpha value is -2.24. The highest BCUT2D eigenvalue weighted by Gasteiger charge is 2.10. The van der Waals surface area contributed by atoms with Crippen molar-refractivity contribution >= 4 is 16.9 Å². The summed E-state index contributed by atoms with van der Waals surface area (Å²) in [6, 6.07) is 3.01. The van der Waals surface area contributed by atoms with E-state index in [1.807, 2.05) is 0 Å². The number of hydrogen-bond donors (Lipinski definition) is 2. The van der Waals surface area contributed by atoms with Gasteiger partial charge in [0, 0.05) is 17.0 Å². The van der Waals surface area contributed by atoms with Gasteiger partial charge in [-0.1, -0.05) is 0 Å². The molecule has 6 heteroatoms. The van der Waals surface area contributed by atoms with Gasteiger partial charge in [0.2, 0.25) is 0 Å². The van der Waals surface area contributed by atoms with Gasteiger partial charge in [0.25, 0.3) is 5.56 Å². The fourth-order valence-corrected chi connectivity index (χ4v) is 1.54. The average molecular weight is 239 g/mol. The van der Waals surface area contributed by atoms with E-state index in [1.165, 1.54) is 6.07 Å². The van der Waals surface area contributed by atoms with Crippen molar-refractivity contribution in [2.45, 2.75) is 6.42 Å². The molecule has 2 N–H and O–H groups in total. The van der Waals surface area contributed by atoms with E-state index in [0.29, 0.717) is 0 Å². The molecule has 2 aromatic rings. The molecule has 2 rings (SSSR count). The SMILES string of the molecule is O=C(O)Cc1cc2cc(F)c(F)cc2[nH]c1=O. The Bertz CT molecular complexity index is 664. The van der Waals surface area contributed by atoms with Crippen LogP contribution in [0.2, 0.25) is 0 Å². The molecule has 0 bridgehead atoms. The van der Waals surface area contributed by atoms with Crippen molar-refractivity contribution in [3.8, 4) is 0 Å². The topological polar surface area (TPSA) is 70.2 Å². The second kappa shape index (κ2) is 3.97. The summed E-state index contributed by atoms with van der Waals surface area (Å²) in [6.07, 6.45) is -0.468. The van der Waals surface area contributed by atoms with Crippen LogP contribution >= 0.6 is 0 Å². The van der Waals surface area contributed by atoms with Crippen molar-refractivity contribution in [1.29, 1.82) is 0 Å². The molecular formula is C11H7F2NO3. The molecule has 1 aromatic carbocycles. The van der Waals surface area contributed by atoms with Crippen molar-refractivity contribution in [3.63, 3.8) is 0 Å². The third-order valence-electron chi connectivity index (χ3n) is 2.30. The van der Waals surface area contributed by atoms with E-state index >= 15 is 0 Å². The second-order valence-corrected chi connectivity index (χ2v) is 3.55. The largest absolute Gasteiger partial charge is 0.481 e. The van der Waals surface area contributed by atoms with Gasteiger partial charge in [0.05, 0.1) is 11.9 Å². The minimum atomic E-state index is -1.17. The number of benzene rings is 1. The average Bonchev–Trinajstić information content (AvgIpc) is 2.22. The van der Waals surface area contributed by atoms with Crippen LogP contribution in [0.4, 0.5) is 8.78 Å². The maximum atomic E-state index is 13.0. The first-order valence-electron chi connectivity index (χ1n) is 4.70. The molecule has 0 aliphatic carbocycles. The third-order valence-corrected chi connectivity index (χ3v) is 2.30. The molecule has 0 radical (unpaired) electrons. The number of H-pyrrole nitrogens is 1. The Morgan fingerprint density at radius 2 is 1.88 bits per heavy atom. The lowest BCUT2D eigenvalue weighted by Crippen LogP contribution is -2.16. The van der Waals surface area contributed by atoms with Crippen LogP contribution in [0.25, 0.3) is 10.9 Å². The van der Waals surface area contributed by atoms with Crippen LogP contribution in [0.5, 0.6) is 0 Å². The molecule has 0 saturated carbocycles. The summed E-state index contributed by atoms with van der Waals surface area (Å²) in [7, 11) is 0. The molecule has 17 heavy (non-hydrogen) atoms. The standard InChI is InChI=1S/C11H7F2NO3/c12-7-2-5-1-6(3-10(15)16)11(17)14-9(5)4-8(7)13/h1-2,4H,3H2,(H,14,17)(H,15,16). The number of rotatable bonds is 2. The van der Waals surface area contributed by atoms with Crippen molar-refractivity contribution in [2.75, 3.05) is 0 Å². The summed E-state index contributed by atoms with van der Waals surface area (Å²) in [5.74, 6) is -3.29. The number of pyridine rings is 1. The number of halogens is 2. The van der Waals surface area contributed by atoms with Crippen molar-refractivity contribution in [2.24, 2.45) is 0 Å². The van der Waals surface area contributed by atoms with Crippen LogP contribution in [-0.4, -0.2) is 16.1 Å². The Morgan fingerprint density at radius 3 is 2.53 bits per heavy atom. The zero-order valence-corrected chi connectivity index (χ0v) is 8.46. The van der Waals surface area contributed by atoms with E-state index in [4.69, 9.17) is 5.11 Å². The smallest absolute Gasteiger partial charge is 0.308 e. The molecule has 0 fully saturated rings. The van der Waals surface area contributed by atoms with E-state index in [2.05, 4.69) is 4.98 Å². The van der Waals surface area contributed by atoms with Crippen molar-refractivity contribution < 1.29 is 18.7 Å². The first-order chi connectivity index (χ1) is 7.97. The maximum absolute atomic E-state index is 13.0. The normalized spacial score (nSPS) is 10.7. The molecule has 0 spiro atoms. The zero-order valence-electron chi connectivity index (χ0n) is 8.46. The number of aromatic amines is 1. The molecule has 1 heterocycles. The van der Waals surface area contributed by atoms with Crippen molar-refractivity contribution in [3.05, 3.63) is 45.8 Å². The van der Waals surface area contributed by atoms with Crippen LogP contribution in [0.15, 0.2) is 23.0 Å². The highest BCUT2D eigenvalue weighted by molar-refractivity contribution is 5.80. The van der Waals surface area contributed by atoms with Crippen LogP contribution in [0.1, 0.15) is 5.56 Å². The molecule has 4 nitrogen and oxygen atoms in total. The van der Waals surface area contributed by atoms with Gasteiger partial charge in [-0.2, -0.15) is 0 Å². The lowest BCUT2D eigenvalue weighted by molar-refractivity contribution is -0.136. The number of aromatic nitrogens is 1. The summed E-state index contributed by atoms with van der Waals surface area (Å²) in [5.41, 5.74) is -0.495. The van der Waals surface area contributed by atoms with E-state index in [9.17, 15) is 18.4 Å². The first kappa shape index (κ1) is 11.3. The first-order valence-corrected chi connectivity index (χ1v) is 4.70. The second-order valence-electron chi connectivity index (χ2n) is 3.55. The quantitative estimate of drug-likeness (QED) is 0.832. The van der Waals surface area contributed by atoms with E-state index in [1.54, 1.807) is 0 Å². The van der Waals surface area contributed by atoms with Gasteiger partial charge >= 0.3 is 5.97 Å². The molecule has 0 saturated heterocycles. The molecular weight excluding hydrogens is 232 g/mol. The van der Waals surface area contributed by atoms with E-state index < -0.39 is 29.6 Å². The Morgan fingerprint density at radius 1 is 1.24 bits per heavy atom. The lowest BCUT2D eigenvalue weighted by Gasteiger charge is -2.02. The molecule has 1 aromatic heterocycles. The Kier molecular flexibility index (Phi) is 2.63. The van der Waals surface area contributed by atoms with Crippen LogP contribution in [-0.2, 0) is 11.2 Å². The fourth-order valence-electron chi connectivity index (χ4n) is 1.54. The van der Waals surface area contributed by atoms with E-state index in [0.717, 1.165) is 12.1 Å². The summed E-state index contributed by atoms with van der Waals surface area (Å²) in [6.45, 7) is 0. The number of hydrogen-bond acceptors (Lipinski definition) is 2. The predicted molar refractivity (Wildman–Crippen MR) is 55.8 cm³/mol. The van der Waals surface area contributed by atoms with Crippen LogP contribution in [0.3, 0.4) is 0 Å². The number of carbonyl (C=O) groups is 1. The van der Waals surface area contributed by atoms with Gasteiger partial charge in [0.15, 0.2) is 11.6 Å². The van der Waals surface area contributed by atoms with Gasteiger partial charge in [0.1, 0.15) is 0 Å². The Labute approximate surface area is 93.5 Å². The number of aliphatic carboxylic acids is 1. The van der Waals surface area contributed by atoms with E-state index in [-0.39, 0.29) is 16.5 Å². The number of carboxylic acid groups (broad SMARTS) is 1. The molecule has 0 aliphatic heterocycles. The van der Waals surface area contributed by atoms with Crippen molar-refractivity contribution in [1.82, 2.24) is 4.98 Å². The predicted octanol–water partition coefficient (Wildman–Crippen LogP) is 1.43. The molecule has 0 unspecified atom stereocenters. The van der Waals surface area contributed by atoms with Gasteiger partial charge in [-0.3, -0.25) is 9.59 Å². The zero-order chi connectivity index (χ0) is 12.6. The molecule has 88 valence electrons. The number of carboxylic acids is 1. The highest BCUT2D eigenvalue weighted by Crippen LogP contribution is 2.16. The Balaban J connectivity index is 2.67. The van der Waals surface area contributed by atoms with Gasteiger partial charge < -0.3 is 10.1 Å². The summed E-state index contributed by atoms with van der Waals surface area (Å²) in [4.78, 5) is 24.2. The number of fused-ring (bicyclic) bond motifs is 1. The lowest BCUT2D eigenvalue weighted by atomic mass is 10.1. The van der Waals surface area contributed by atoms with Gasteiger partial charge in [-0.15, -0.1) is 0 Å². The van der Waals surface area contributed by atoms with Gasteiger partial charge in [-0.25, -0.2) is 8.78 Å². The van der Waals surface area contributed by atoms with Gasteiger partial charge in [-0.05, 0) is 12.1 Å². The number of nitrogens with one attached hydrogen (secondary N) is 1. The summed E-state index contributed by atoms with van der Waals surface area (Å²) < 4.78 is 25.9. The minimum Gasteiger partial charge on any atom is -0.481 e. The summed E-state index contributed by atoms with van der Waals surface area (Å²) in [5, 5.41) is 8.83. The highest BCUT2D eigenvalue weighted by atomic mass is 19.2. The fraction of sp³-hybridized carbons (Fsp3) is 0.0909. The monoisotopic (exact) mass is 239 g/mol. The molecule has 0 aliphatic rings. The van der Waals surface area contributed by atoms with Crippen LogP contribution in [0, 0.1) is 11.6 Å². The molecule has 0 amide bonds. The minimum absolute atomic E-state index is 0.00370. The molecule has 0 atom stereocenters. The maximum Gasteiger partial charge on any atom is 0.308 e. The van der Waals surface area contributed by atoms with Crippen LogP contribution < -0.4 is 5.56 Å².